The minimum atomic E-state index is 0.369. The summed E-state index contributed by atoms with van der Waals surface area (Å²) in [6.45, 7) is 3.87. The predicted octanol–water partition coefficient (Wildman–Crippen LogP) is 1.40. The van der Waals surface area contributed by atoms with Crippen molar-refractivity contribution < 1.29 is 9.15 Å². The van der Waals surface area contributed by atoms with E-state index in [1.54, 1.807) is 13.4 Å². The zero-order valence-electron chi connectivity index (χ0n) is 10.8. The smallest absolute Gasteiger partial charge is 0.297 e. The van der Waals surface area contributed by atoms with E-state index in [1.165, 1.54) is 0 Å². The van der Waals surface area contributed by atoms with Crippen LogP contribution in [0.2, 0.25) is 0 Å². The van der Waals surface area contributed by atoms with E-state index in [-0.39, 0.29) is 0 Å². The zero-order valence-corrected chi connectivity index (χ0v) is 10.8. The van der Waals surface area contributed by atoms with Gasteiger partial charge in [-0.25, -0.2) is 0 Å². The number of nitrogens with one attached hydrogen (secondary N) is 1. The molecule has 17 heavy (non-hydrogen) atoms. The monoisotopic (exact) mass is 239 g/mol. The highest BCUT2D eigenvalue weighted by Crippen LogP contribution is 2.25. The van der Waals surface area contributed by atoms with Gasteiger partial charge in [0.2, 0.25) is 0 Å². The molecule has 2 atom stereocenters. The summed E-state index contributed by atoms with van der Waals surface area (Å²) < 4.78 is 10.9. The lowest BCUT2D eigenvalue weighted by Crippen LogP contribution is -2.43. The van der Waals surface area contributed by atoms with Crippen molar-refractivity contribution >= 4 is 6.01 Å². The van der Waals surface area contributed by atoms with Crippen LogP contribution in [-0.2, 0) is 11.3 Å². The van der Waals surface area contributed by atoms with E-state index in [4.69, 9.17) is 9.15 Å². The van der Waals surface area contributed by atoms with Crippen LogP contribution in [0.4, 0.5) is 6.01 Å². The van der Waals surface area contributed by atoms with E-state index < -0.39 is 0 Å². The van der Waals surface area contributed by atoms with Gasteiger partial charge in [0.05, 0.1) is 11.8 Å². The Hall–Kier alpha value is -1.07. The van der Waals surface area contributed by atoms with Gasteiger partial charge in [-0.15, -0.1) is 0 Å². The topological polar surface area (TPSA) is 50.5 Å². The van der Waals surface area contributed by atoms with Gasteiger partial charge in [0, 0.05) is 26.2 Å². The summed E-state index contributed by atoms with van der Waals surface area (Å²) in [4.78, 5) is 6.70. The molecule has 1 aromatic heterocycles. The van der Waals surface area contributed by atoms with Crippen molar-refractivity contribution in [3.05, 3.63) is 12.0 Å². The molecule has 2 rings (SSSR count). The molecule has 0 spiro atoms. The molecule has 1 N–H and O–H groups in total. The molecule has 0 amide bonds. The molecule has 1 aliphatic heterocycles. The number of aromatic nitrogens is 1. The molecule has 1 fully saturated rings. The van der Waals surface area contributed by atoms with Crippen molar-refractivity contribution in [1.29, 1.82) is 0 Å². The van der Waals surface area contributed by atoms with Gasteiger partial charge in [-0.1, -0.05) is 0 Å². The standard InChI is InChI=1S/C12H21N3O2/c1-9-6-11(16-3)4-5-15(9)12-14-10(7-13-2)8-17-12/h8-9,11,13H,4-7H2,1-3H3. The van der Waals surface area contributed by atoms with Gasteiger partial charge in [0.25, 0.3) is 6.01 Å². The van der Waals surface area contributed by atoms with Crippen LogP contribution in [0.15, 0.2) is 10.7 Å². The van der Waals surface area contributed by atoms with Crippen molar-refractivity contribution in [1.82, 2.24) is 10.3 Å². The molecule has 0 aliphatic carbocycles. The average Bonchev–Trinajstić information content (AvgIpc) is 2.78. The van der Waals surface area contributed by atoms with E-state index in [9.17, 15) is 0 Å². The molecule has 96 valence electrons. The third-order valence-corrected chi connectivity index (χ3v) is 3.30. The predicted molar refractivity (Wildman–Crippen MR) is 66.1 cm³/mol. The Balaban J connectivity index is 2.01. The minimum absolute atomic E-state index is 0.369. The highest BCUT2D eigenvalue weighted by atomic mass is 16.5. The number of hydrogen-bond donors (Lipinski definition) is 1. The zero-order chi connectivity index (χ0) is 12.3. The Morgan fingerprint density at radius 1 is 1.65 bits per heavy atom. The van der Waals surface area contributed by atoms with Crippen LogP contribution in [0.3, 0.4) is 0 Å². The number of oxazole rings is 1. The maximum atomic E-state index is 5.53. The number of ether oxygens (including phenoxy) is 1. The molecule has 1 aliphatic rings. The number of nitrogens with zero attached hydrogens (tertiary/aromatic N) is 2. The second-order valence-corrected chi connectivity index (χ2v) is 4.58. The fraction of sp³-hybridized carbons (Fsp3) is 0.750. The molecule has 2 heterocycles. The number of piperidine rings is 1. The lowest BCUT2D eigenvalue weighted by Gasteiger charge is -2.35. The molecule has 1 saturated heterocycles. The number of rotatable bonds is 4. The van der Waals surface area contributed by atoms with Crippen molar-refractivity contribution in [3.8, 4) is 0 Å². The average molecular weight is 239 g/mol. The van der Waals surface area contributed by atoms with E-state index in [1.807, 2.05) is 7.05 Å². The molecule has 5 nitrogen and oxygen atoms in total. The Morgan fingerprint density at radius 2 is 2.47 bits per heavy atom. The summed E-state index contributed by atoms with van der Waals surface area (Å²) in [6, 6.07) is 1.15. The van der Waals surface area contributed by atoms with Gasteiger partial charge in [0.15, 0.2) is 0 Å². The van der Waals surface area contributed by atoms with Crippen LogP contribution in [0.25, 0.3) is 0 Å². The van der Waals surface area contributed by atoms with Crippen molar-refractivity contribution in [2.45, 2.75) is 38.5 Å². The highest BCUT2D eigenvalue weighted by Gasteiger charge is 2.28. The maximum Gasteiger partial charge on any atom is 0.297 e. The first kappa shape index (κ1) is 12.4. The molecule has 1 aromatic rings. The first-order valence-electron chi connectivity index (χ1n) is 6.13. The quantitative estimate of drug-likeness (QED) is 0.860. The Kier molecular flexibility index (Phi) is 4.02. The van der Waals surface area contributed by atoms with E-state index in [0.29, 0.717) is 12.1 Å². The molecule has 2 unspecified atom stereocenters. The Bertz CT molecular complexity index is 353. The van der Waals surface area contributed by atoms with Crippen LogP contribution in [0.5, 0.6) is 0 Å². The largest absolute Gasteiger partial charge is 0.432 e. The van der Waals surface area contributed by atoms with Gasteiger partial charge < -0.3 is 19.4 Å². The third kappa shape index (κ3) is 2.79. The third-order valence-electron chi connectivity index (χ3n) is 3.30. The Morgan fingerprint density at radius 3 is 3.12 bits per heavy atom. The fourth-order valence-electron chi connectivity index (χ4n) is 2.32. The maximum absolute atomic E-state index is 5.53. The molecule has 0 saturated carbocycles. The van der Waals surface area contributed by atoms with Crippen molar-refractivity contribution in [2.24, 2.45) is 0 Å². The molecule has 0 radical (unpaired) electrons. The van der Waals surface area contributed by atoms with Gasteiger partial charge in [-0.3, -0.25) is 0 Å². The van der Waals surface area contributed by atoms with Gasteiger partial charge in [-0.2, -0.15) is 4.98 Å². The first-order chi connectivity index (χ1) is 8.24. The van der Waals surface area contributed by atoms with Crippen LogP contribution >= 0.6 is 0 Å². The molecule has 5 heteroatoms. The van der Waals surface area contributed by atoms with Gasteiger partial charge >= 0.3 is 0 Å². The van der Waals surface area contributed by atoms with Crippen molar-refractivity contribution in [2.75, 3.05) is 25.6 Å². The van der Waals surface area contributed by atoms with Crippen LogP contribution in [0.1, 0.15) is 25.5 Å². The van der Waals surface area contributed by atoms with Crippen molar-refractivity contribution in [3.63, 3.8) is 0 Å². The lowest BCUT2D eigenvalue weighted by molar-refractivity contribution is 0.0710. The summed E-state index contributed by atoms with van der Waals surface area (Å²) in [5, 5.41) is 3.07. The summed E-state index contributed by atoms with van der Waals surface area (Å²) >= 11 is 0. The minimum Gasteiger partial charge on any atom is -0.432 e. The summed E-state index contributed by atoms with van der Waals surface area (Å²) in [5.41, 5.74) is 0.948. The number of anilines is 1. The van der Waals surface area contributed by atoms with Crippen LogP contribution in [0, 0.1) is 0 Å². The summed E-state index contributed by atoms with van der Waals surface area (Å²) in [7, 11) is 3.68. The fourth-order valence-corrected chi connectivity index (χ4v) is 2.32. The van der Waals surface area contributed by atoms with Gasteiger partial charge in [0.1, 0.15) is 6.26 Å². The second kappa shape index (κ2) is 5.51. The molecule has 0 bridgehead atoms. The highest BCUT2D eigenvalue weighted by molar-refractivity contribution is 5.30. The normalized spacial score (nSPS) is 25.2. The molecule has 0 aromatic carbocycles. The summed E-state index contributed by atoms with van der Waals surface area (Å²) in [6.07, 6.45) is 4.15. The summed E-state index contributed by atoms with van der Waals surface area (Å²) in [5.74, 6) is 0. The lowest BCUT2D eigenvalue weighted by atomic mass is 10.0. The van der Waals surface area contributed by atoms with E-state index >= 15 is 0 Å². The van der Waals surface area contributed by atoms with Crippen LogP contribution < -0.4 is 10.2 Å². The SMILES string of the molecule is CNCc1coc(N2CCC(OC)CC2C)n1. The van der Waals surface area contributed by atoms with Gasteiger partial charge in [-0.05, 0) is 26.8 Å². The van der Waals surface area contributed by atoms with Crippen LogP contribution in [-0.4, -0.2) is 37.8 Å². The second-order valence-electron chi connectivity index (χ2n) is 4.58. The van der Waals surface area contributed by atoms with E-state index in [0.717, 1.165) is 37.6 Å². The number of methoxy groups -OCH3 is 1. The molecular formula is C12H21N3O2. The first-order valence-corrected chi connectivity index (χ1v) is 6.13. The van der Waals surface area contributed by atoms with E-state index in [2.05, 4.69) is 22.1 Å². The Labute approximate surface area is 102 Å². The number of hydrogen-bond acceptors (Lipinski definition) is 5. The molecular weight excluding hydrogens is 218 g/mol.